The van der Waals surface area contributed by atoms with Crippen molar-refractivity contribution >= 4 is 15.9 Å². The van der Waals surface area contributed by atoms with Gasteiger partial charge in [0.25, 0.3) is 0 Å². The third kappa shape index (κ3) is 4.61. The normalized spacial score (nSPS) is 16.8. The molecule has 17 heavy (non-hydrogen) atoms. The highest BCUT2D eigenvalue weighted by Crippen LogP contribution is 2.09. The summed E-state index contributed by atoms with van der Waals surface area (Å²) in [6, 6.07) is 0. The quantitative estimate of drug-likeness (QED) is 0.650. The average Bonchev–Trinajstić information content (AvgIpc) is 2.75. The predicted octanol–water partition coefficient (Wildman–Crippen LogP) is -0.483. The number of carbonyl (C=O) groups excluding carboxylic acids is 1. The van der Waals surface area contributed by atoms with E-state index in [-0.39, 0.29) is 19.0 Å². The van der Waals surface area contributed by atoms with Gasteiger partial charge < -0.3 is 9.64 Å². The Morgan fingerprint density at radius 2 is 1.94 bits per heavy atom. The van der Waals surface area contributed by atoms with Gasteiger partial charge in [0.15, 0.2) is 0 Å². The first kappa shape index (κ1) is 14.4. The maximum absolute atomic E-state index is 11.8. The first-order chi connectivity index (χ1) is 7.95. The molecule has 1 fully saturated rings. The van der Waals surface area contributed by atoms with Gasteiger partial charge >= 0.3 is 0 Å². The topological polar surface area (TPSA) is 66.9 Å². The summed E-state index contributed by atoms with van der Waals surface area (Å²) in [6.45, 7) is 1.90. The molecule has 0 spiro atoms. The number of hydrogen-bond acceptors (Lipinski definition) is 4. The number of sulfonamides is 1. The summed E-state index contributed by atoms with van der Waals surface area (Å²) in [6.07, 6.45) is 3.12. The molecule has 0 aromatic heterocycles. The van der Waals surface area contributed by atoms with Crippen LogP contribution in [0.15, 0.2) is 0 Å². The van der Waals surface area contributed by atoms with Gasteiger partial charge in [0.1, 0.15) is 0 Å². The number of ether oxygens (including phenoxy) is 1. The van der Waals surface area contributed by atoms with Crippen molar-refractivity contribution in [2.45, 2.75) is 12.8 Å². The van der Waals surface area contributed by atoms with E-state index in [1.807, 2.05) is 0 Å². The molecule has 0 bridgehead atoms. The summed E-state index contributed by atoms with van der Waals surface area (Å²) in [5.41, 5.74) is 0. The molecule has 0 aromatic carbocycles. The van der Waals surface area contributed by atoms with Gasteiger partial charge in [-0.15, -0.1) is 0 Å². The van der Waals surface area contributed by atoms with Crippen molar-refractivity contribution in [2.24, 2.45) is 0 Å². The van der Waals surface area contributed by atoms with Crippen LogP contribution in [0.1, 0.15) is 12.8 Å². The molecular formula is C10H20N2O4S. The lowest BCUT2D eigenvalue weighted by Crippen LogP contribution is -2.42. The van der Waals surface area contributed by atoms with Crippen LogP contribution in [0.3, 0.4) is 0 Å². The molecule has 0 atom stereocenters. The predicted molar refractivity (Wildman–Crippen MR) is 64.1 cm³/mol. The van der Waals surface area contributed by atoms with Crippen LogP contribution < -0.4 is 0 Å². The van der Waals surface area contributed by atoms with Crippen molar-refractivity contribution in [1.82, 2.24) is 9.21 Å². The minimum absolute atomic E-state index is 0.0812. The number of carbonyl (C=O) groups is 1. The second kappa shape index (κ2) is 6.32. The highest BCUT2D eigenvalue weighted by atomic mass is 32.2. The molecule has 1 saturated heterocycles. The molecule has 0 aromatic rings. The van der Waals surface area contributed by atoms with Crippen molar-refractivity contribution in [1.29, 1.82) is 0 Å². The maximum Gasteiger partial charge on any atom is 0.237 e. The van der Waals surface area contributed by atoms with E-state index in [2.05, 4.69) is 0 Å². The lowest BCUT2D eigenvalue weighted by Gasteiger charge is -2.22. The van der Waals surface area contributed by atoms with Gasteiger partial charge in [0, 0.05) is 26.7 Å². The van der Waals surface area contributed by atoms with E-state index in [1.165, 1.54) is 7.11 Å². The van der Waals surface area contributed by atoms with Crippen LogP contribution in [-0.4, -0.2) is 69.7 Å². The molecule has 1 amide bonds. The number of nitrogens with zero attached hydrogens (tertiary/aromatic N) is 2. The zero-order valence-corrected chi connectivity index (χ0v) is 11.2. The number of amides is 1. The Labute approximate surface area is 103 Å². The fraction of sp³-hybridized carbons (Fsp3) is 0.900. The van der Waals surface area contributed by atoms with Crippen LogP contribution >= 0.6 is 0 Å². The smallest absolute Gasteiger partial charge is 0.237 e. The van der Waals surface area contributed by atoms with E-state index < -0.39 is 10.0 Å². The molecule has 100 valence electrons. The molecule has 0 N–H and O–H groups in total. The van der Waals surface area contributed by atoms with Crippen LogP contribution in [0.2, 0.25) is 0 Å². The molecule has 0 aliphatic carbocycles. The maximum atomic E-state index is 11.8. The molecule has 0 saturated carbocycles. The van der Waals surface area contributed by atoms with Gasteiger partial charge in [-0.1, -0.05) is 0 Å². The van der Waals surface area contributed by atoms with Gasteiger partial charge in [0.2, 0.25) is 15.9 Å². The highest BCUT2D eigenvalue weighted by Gasteiger charge is 2.24. The molecule has 0 radical (unpaired) electrons. The van der Waals surface area contributed by atoms with Gasteiger partial charge in [-0.2, -0.15) is 4.31 Å². The van der Waals surface area contributed by atoms with Gasteiger partial charge in [-0.25, -0.2) is 8.42 Å². The summed E-state index contributed by atoms with van der Waals surface area (Å²) >= 11 is 0. The molecule has 1 aliphatic heterocycles. The third-order valence-electron chi connectivity index (χ3n) is 2.78. The lowest BCUT2D eigenvalue weighted by atomic mass is 10.4. The van der Waals surface area contributed by atoms with E-state index in [9.17, 15) is 13.2 Å². The third-order valence-corrected chi connectivity index (χ3v) is 4.03. The number of methoxy groups -OCH3 is 1. The summed E-state index contributed by atoms with van der Waals surface area (Å²) < 4.78 is 29.0. The SMILES string of the molecule is COCCN(CC(=O)N1CCCC1)S(C)(=O)=O. The first-order valence-corrected chi connectivity index (χ1v) is 7.52. The van der Waals surface area contributed by atoms with Crippen LogP contribution in [0.25, 0.3) is 0 Å². The number of likely N-dealkylation sites (tertiary alicyclic amines) is 1. The van der Waals surface area contributed by atoms with Gasteiger partial charge in [-0.05, 0) is 12.8 Å². The van der Waals surface area contributed by atoms with Crippen LogP contribution in [0.5, 0.6) is 0 Å². The zero-order valence-electron chi connectivity index (χ0n) is 10.4. The van der Waals surface area contributed by atoms with Crippen molar-refractivity contribution in [2.75, 3.05) is 46.2 Å². The molecule has 6 nitrogen and oxygen atoms in total. The van der Waals surface area contributed by atoms with Crippen LogP contribution in [0.4, 0.5) is 0 Å². The summed E-state index contributed by atoms with van der Waals surface area (Å²) in [5.74, 6) is -0.121. The van der Waals surface area contributed by atoms with Crippen molar-refractivity contribution in [3.8, 4) is 0 Å². The Kier molecular flexibility index (Phi) is 5.35. The van der Waals surface area contributed by atoms with Gasteiger partial charge in [-0.3, -0.25) is 4.79 Å². The van der Waals surface area contributed by atoms with Gasteiger partial charge in [0.05, 0.1) is 19.4 Å². The largest absolute Gasteiger partial charge is 0.383 e. The molecule has 7 heteroatoms. The van der Waals surface area contributed by atoms with E-state index in [0.717, 1.165) is 36.5 Å². The van der Waals surface area contributed by atoms with E-state index >= 15 is 0 Å². The lowest BCUT2D eigenvalue weighted by molar-refractivity contribution is -0.130. The van der Waals surface area contributed by atoms with Crippen molar-refractivity contribution < 1.29 is 17.9 Å². The highest BCUT2D eigenvalue weighted by molar-refractivity contribution is 7.88. The minimum atomic E-state index is -3.36. The van der Waals surface area contributed by atoms with E-state index in [4.69, 9.17) is 4.74 Å². The Balaban J connectivity index is 2.56. The second-order valence-electron chi connectivity index (χ2n) is 4.18. The fourth-order valence-electron chi connectivity index (χ4n) is 1.77. The summed E-state index contributed by atoms with van der Waals surface area (Å²) in [5, 5.41) is 0. The van der Waals surface area contributed by atoms with Crippen LogP contribution in [0, 0.1) is 0 Å². The Morgan fingerprint density at radius 1 is 1.35 bits per heavy atom. The van der Waals surface area contributed by atoms with E-state index in [0.29, 0.717) is 6.61 Å². The number of rotatable bonds is 6. The Hall–Kier alpha value is -0.660. The average molecular weight is 264 g/mol. The minimum Gasteiger partial charge on any atom is -0.383 e. The second-order valence-corrected chi connectivity index (χ2v) is 6.16. The van der Waals surface area contributed by atoms with E-state index in [1.54, 1.807) is 4.90 Å². The number of hydrogen-bond donors (Lipinski definition) is 0. The zero-order chi connectivity index (χ0) is 12.9. The first-order valence-electron chi connectivity index (χ1n) is 5.67. The molecular weight excluding hydrogens is 244 g/mol. The standard InChI is InChI=1S/C10H20N2O4S/c1-16-8-7-12(17(2,14)15)9-10(13)11-5-3-4-6-11/h3-9H2,1-2H3. The Bertz CT molecular complexity index is 349. The molecule has 1 aliphatic rings. The fourth-order valence-corrected chi connectivity index (χ4v) is 2.52. The summed E-state index contributed by atoms with van der Waals surface area (Å²) in [7, 11) is -1.85. The van der Waals surface area contributed by atoms with Crippen molar-refractivity contribution in [3.63, 3.8) is 0 Å². The Morgan fingerprint density at radius 3 is 2.41 bits per heavy atom. The molecule has 0 unspecified atom stereocenters. The molecule has 1 rings (SSSR count). The molecule has 1 heterocycles. The summed E-state index contributed by atoms with van der Waals surface area (Å²) in [4.78, 5) is 13.6. The van der Waals surface area contributed by atoms with Crippen molar-refractivity contribution in [3.05, 3.63) is 0 Å². The van der Waals surface area contributed by atoms with Crippen LogP contribution in [-0.2, 0) is 19.6 Å². The monoisotopic (exact) mass is 264 g/mol.